The molecule has 0 bridgehead atoms. The number of halogens is 3. The molecule has 9 heteroatoms. The van der Waals surface area contributed by atoms with Crippen molar-refractivity contribution in [3.05, 3.63) is 62.7 Å². The van der Waals surface area contributed by atoms with Crippen molar-refractivity contribution < 1.29 is 17.9 Å². The Balaban J connectivity index is 1.43. The Morgan fingerprint density at radius 3 is 2.81 bits per heavy atom. The molecule has 0 saturated carbocycles. The number of benzene rings is 1. The second-order valence-corrected chi connectivity index (χ2v) is 8.51. The highest BCUT2D eigenvalue weighted by molar-refractivity contribution is 5.56. The van der Waals surface area contributed by atoms with Gasteiger partial charge in [0.1, 0.15) is 11.6 Å². The third-order valence-corrected chi connectivity index (χ3v) is 6.38. The van der Waals surface area contributed by atoms with Gasteiger partial charge in [-0.2, -0.15) is 0 Å². The van der Waals surface area contributed by atoms with Crippen molar-refractivity contribution in [2.24, 2.45) is 0 Å². The zero-order valence-corrected chi connectivity index (χ0v) is 17.6. The van der Waals surface area contributed by atoms with Crippen LogP contribution in [0, 0.1) is 6.92 Å². The lowest BCUT2D eigenvalue weighted by atomic mass is 9.92. The number of fused-ring (bicyclic) bond motifs is 2. The number of aromatic nitrogens is 4. The fraction of sp³-hybridized carbons (Fsp3) is 0.435. The van der Waals surface area contributed by atoms with E-state index in [2.05, 4.69) is 19.8 Å². The third-order valence-electron chi connectivity index (χ3n) is 6.38. The van der Waals surface area contributed by atoms with Crippen molar-refractivity contribution in [3.8, 4) is 17.3 Å². The number of rotatable bonds is 3. The summed E-state index contributed by atoms with van der Waals surface area (Å²) in [5, 5.41) is 4.65. The van der Waals surface area contributed by atoms with E-state index in [-0.39, 0.29) is 17.1 Å². The summed E-state index contributed by atoms with van der Waals surface area (Å²) >= 11 is 0. The molecular weight excluding hydrogens is 421 g/mol. The second kappa shape index (κ2) is 7.79. The Morgan fingerprint density at radius 2 is 2.00 bits per heavy atom. The fourth-order valence-corrected chi connectivity index (χ4v) is 4.75. The molecule has 1 aliphatic carbocycles. The first-order chi connectivity index (χ1) is 15.3. The van der Waals surface area contributed by atoms with Crippen molar-refractivity contribution in [3.63, 3.8) is 0 Å². The van der Waals surface area contributed by atoms with E-state index in [1.165, 1.54) is 12.1 Å². The Labute approximate surface area is 182 Å². The number of nitrogens with one attached hydrogen (secondary N) is 1. The molecule has 0 amide bonds. The number of ether oxygens (including phenoxy) is 1. The second-order valence-electron chi connectivity index (χ2n) is 8.51. The first-order valence-electron chi connectivity index (χ1n) is 10.8. The van der Waals surface area contributed by atoms with Gasteiger partial charge >= 0.3 is 6.36 Å². The van der Waals surface area contributed by atoms with Crippen LogP contribution in [0.3, 0.4) is 0 Å². The highest BCUT2D eigenvalue weighted by Gasteiger charge is 2.32. The summed E-state index contributed by atoms with van der Waals surface area (Å²) < 4.78 is 43.6. The Kier molecular flexibility index (Phi) is 5.06. The molecule has 1 unspecified atom stereocenters. The van der Waals surface area contributed by atoms with E-state index in [1.54, 1.807) is 17.7 Å². The predicted molar refractivity (Wildman–Crippen MR) is 112 cm³/mol. The van der Waals surface area contributed by atoms with Gasteiger partial charge < -0.3 is 9.72 Å². The van der Waals surface area contributed by atoms with Crippen molar-refractivity contribution in [2.45, 2.75) is 64.3 Å². The number of aryl methyl sites for hydroxylation is 2. The summed E-state index contributed by atoms with van der Waals surface area (Å²) in [6, 6.07) is 6.11. The van der Waals surface area contributed by atoms with Crippen LogP contribution in [0.25, 0.3) is 11.5 Å². The zero-order chi connectivity index (χ0) is 22.5. The fourth-order valence-electron chi connectivity index (χ4n) is 4.75. The molecule has 1 N–H and O–H groups in total. The number of nitrogens with zero attached hydrogens (tertiary/aromatic N) is 3. The molecule has 1 aromatic carbocycles. The minimum Gasteiger partial charge on any atom is -0.406 e. The van der Waals surface area contributed by atoms with Crippen LogP contribution in [-0.2, 0) is 25.8 Å². The molecular formula is C23H23F3N4O2. The van der Waals surface area contributed by atoms with Gasteiger partial charge in [0.25, 0.3) is 0 Å². The van der Waals surface area contributed by atoms with Crippen molar-refractivity contribution >= 4 is 0 Å². The van der Waals surface area contributed by atoms with Crippen molar-refractivity contribution in [1.29, 1.82) is 0 Å². The largest absolute Gasteiger partial charge is 0.573 e. The maximum Gasteiger partial charge on any atom is 0.573 e. The number of alkyl halides is 3. The molecule has 3 heterocycles. The van der Waals surface area contributed by atoms with Gasteiger partial charge in [0.15, 0.2) is 11.3 Å². The number of aromatic amines is 1. The molecule has 3 aromatic rings. The summed E-state index contributed by atoms with van der Waals surface area (Å²) in [6.07, 6.45) is 0.410. The normalized spacial score (nSPS) is 18.2. The molecule has 168 valence electrons. The zero-order valence-electron chi connectivity index (χ0n) is 17.6. The first kappa shape index (κ1) is 20.8. The molecule has 1 aliphatic heterocycles. The lowest BCUT2D eigenvalue weighted by Gasteiger charge is -2.23. The van der Waals surface area contributed by atoms with Crippen LogP contribution in [0.5, 0.6) is 5.75 Å². The number of hydrogen-bond donors (Lipinski definition) is 1. The first-order valence-corrected chi connectivity index (χ1v) is 10.8. The van der Waals surface area contributed by atoms with Gasteiger partial charge in [-0.1, -0.05) is 12.1 Å². The van der Waals surface area contributed by atoms with Crippen molar-refractivity contribution in [2.75, 3.05) is 0 Å². The lowest BCUT2D eigenvalue weighted by molar-refractivity contribution is -0.274. The van der Waals surface area contributed by atoms with Crippen LogP contribution in [0.1, 0.15) is 53.4 Å². The Bertz CT molecular complexity index is 1230. The summed E-state index contributed by atoms with van der Waals surface area (Å²) in [4.78, 5) is 20.9. The lowest BCUT2D eigenvalue weighted by Crippen LogP contribution is -2.21. The van der Waals surface area contributed by atoms with E-state index < -0.39 is 6.36 Å². The Hall–Kier alpha value is -3.10. The third kappa shape index (κ3) is 3.91. The predicted octanol–water partition coefficient (Wildman–Crippen LogP) is 4.45. The molecule has 5 rings (SSSR count). The number of pyridine rings is 1. The summed E-state index contributed by atoms with van der Waals surface area (Å²) in [6.45, 7) is 2.31. The van der Waals surface area contributed by atoms with Gasteiger partial charge in [0, 0.05) is 35.7 Å². The topological polar surface area (TPSA) is 72.8 Å². The van der Waals surface area contributed by atoms with Gasteiger partial charge in [-0.3, -0.25) is 4.79 Å². The molecule has 0 spiro atoms. The minimum atomic E-state index is -4.72. The summed E-state index contributed by atoms with van der Waals surface area (Å²) in [5.74, 6) is 1.09. The van der Waals surface area contributed by atoms with E-state index in [4.69, 9.17) is 0 Å². The summed E-state index contributed by atoms with van der Waals surface area (Å²) in [7, 11) is 0. The van der Waals surface area contributed by atoms with Gasteiger partial charge in [-0.15, -0.1) is 18.3 Å². The quantitative estimate of drug-likeness (QED) is 0.648. The molecule has 1 atom stereocenters. The van der Waals surface area contributed by atoms with E-state index in [0.717, 1.165) is 54.7 Å². The maximum atomic E-state index is 12.8. The minimum absolute atomic E-state index is 0.00230. The standard InChI is InChI=1S/C23H23F3N4O2/c1-13-20(27-18-8-3-2-7-17(18)21(13)31)22-28-19-10-9-15(12-30(19)29-22)14-5-4-6-16(11-14)32-23(24,25)26/h4-6,11,15H,2-3,7-10,12H2,1H3,(H,27,31). The highest BCUT2D eigenvalue weighted by Crippen LogP contribution is 2.32. The van der Waals surface area contributed by atoms with Crippen LogP contribution < -0.4 is 10.2 Å². The average molecular weight is 444 g/mol. The van der Waals surface area contributed by atoms with Crippen LogP contribution >= 0.6 is 0 Å². The molecule has 6 nitrogen and oxygen atoms in total. The van der Waals surface area contributed by atoms with E-state index >= 15 is 0 Å². The maximum absolute atomic E-state index is 12.8. The van der Waals surface area contributed by atoms with Crippen molar-refractivity contribution in [1.82, 2.24) is 19.7 Å². The smallest absolute Gasteiger partial charge is 0.406 e. The monoisotopic (exact) mass is 444 g/mol. The number of hydrogen-bond acceptors (Lipinski definition) is 4. The van der Waals surface area contributed by atoms with Gasteiger partial charge in [0.05, 0.1) is 5.69 Å². The molecule has 0 fully saturated rings. The SMILES string of the molecule is Cc1c(-c2nc3n(n2)CC(c2cccc(OC(F)(F)F)c2)CC3)[nH]c2c(c1=O)CCCC2. The van der Waals surface area contributed by atoms with E-state index in [0.29, 0.717) is 30.0 Å². The van der Waals surface area contributed by atoms with E-state index in [1.807, 2.05) is 6.07 Å². The Morgan fingerprint density at radius 1 is 1.19 bits per heavy atom. The summed E-state index contributed by atoms with van der Waals surface area (Å²) in [5.41, 5.74) is 3.99. The molecule has 2 aromatic heterocycles. The van der Waals surface area contributed by atoms with Crippen LogP contribution in [0.4, 0.5) is 13.2 Å². The van der Waals surface area contributed by atoms with Crippen LogP contribution in [0.2, 0.25) is 0 Å². The highest BCUT2D eigenvalue weighted by atomic mass is 19.4. The van der Waals surface area contributed by atoms with E-state index in [9.17, 15) is 18.0 Å². The molecule has 32 heavy (non-hydrogen) atoms. The van der Waals surface area contributed by atoms with Crippen LogP contribution in [-0.4, -0.2) is 26.1 Å². The molecule has 0 radical (unpaired) electrons. The molecule has 2 aliphatic rings. The molecule has 0 saturated heterocycles. The van der Waals surface area contributed by atoms with Gasteiger partial charge in [-0.25, -0.2) is 9.67 Å². The van der Waals surface area contributed by atoms with Crippen LogP contribution in [0.15, 0.2) is 29.1 Å². The number of H-pyrrole nitrogens is 1. The van der Waals surface area contributed by atoms with Gasteiger partial charge in [0.2, 0.25) is 0 Å². The van der Waals surface area contributed by atoms with Gasteiger partial charge in [-0.05, 0) is 56.7 Å². The average Bonchev–Trinajstić information content (AvgIpc) is 3.18.